The Morgan fingerprint density at radius 2 is 1.96 bits per heavy atom. The fraction of sp³-hybridized carbons (Fsp3) is 0.250. The molecule has 4 heteroatoms. The van der Waals surface area contributed by atoms with Crippen LogP contribution in [0.25, 0.3) is 0 Å². The molecular weight excluding hydrogens is 302 g/mol. The molecule has 0 aliphatic heterocycles. The van der Waals surface area contributed by atoms with Gasteiger partial charge in [0.2, 0.25) is 0 Å². The summed E-state index contributed by atoms with van der Waals surface area (Å²) in [5.41, 5.74) is 1.80. The molecule has 2 aromatic rings. The van der Waals surface area contributed by atoms with E-state index < -0.39 is 6.10 Å². The summed E-state index contributed by atoms with van der Waals surface area (Å²) in [4.78, 5) is 12.4. The Bertz CT molecular complexity index is 680. The molecule has 0 radical (unpaired) electrons. The number of anilines is 1. The molecule has 2 aromatic carbocycles. The zero-order valence-electron chi connectivity index (χ0n) is 14.1. The fourth-order valence-electron chi connectivity index (χ4n) is 2.19. The van der Waals surface area contributed by atoms with Crippen LogP contribution in [-0.4, -0.2) is 18.6 Å². The smallest absolute Gasteiger partial charge is 0.265 e. The standard InChI is InChI=1S/C20H23NO3/c1-4-13-23-17-11-9-16(10-12-17)21-20(22)19(5-2)24-18-8-6-7-15(3)14-18/h4,6-12,14,19H,1,5,13H2,2-3H3,(H,21,22)/t19-/m0/s1. The third-order valence-electron chi connectivity index (χ3n) is 3.42. The molecule has 0 saturated carbocycles. The number of aryl methyl sites for hydroxylation is 1. The lowest BCUT2D eigenvalue weighted by atomic mass is 10.2. The highest BCUT2D eigenvalue weighted by atomic mass is 16.5. The van der Waals surface area contributed by atoms with E-state index in [1.54, 1.807) is 18.2 Å². The molecule has 0 unspecified atom stereocenters. The van der Waals surface area contributed by atoms with Gasteiger partial charge in [-0.2, -0.15) is 0 Å². The fourth-order valence-corrected chi connectivity index (χ4v) is 2.19. The van der Waals surface area contributed by atoms with E-state index in [9.17, 15) is 4.79 Å². The molecule has 0 spiro atoms. The van der Waals surface area contributed by atoms with Crippen molar-refractivity contribution in [3.8, 4) is 11.5 Å². The van der Waals surface area contributed by atoms with Gasteiger partial charge in [-0.25, -0.2) is 0 Å². The lowest BCUT2D eigenvalue weighted by molar-refractivity contribution is -0.122. The number of hydrogen-bond acceptors (Lipinski definition) is 3. The van der Waals surface area contributed by atoms with Crippen molar-refractivity contribution in [3.05, 3.63) is 66.7 Å². The molecule has 24 heavy (non-hydrogen) atoms. The van der Waals surface area contributed by atoms with Crippen molar-refractivity contribution in [2.45, 2.75) is 26.4 Å². The second-order valence-corrected chi connectivity index (χ2v) is 5.44. The van der Waals surface area contributed by atoms with Crippen LogP contribution in [-0.2, 0) is 4.79 Å². The number of carbonyl (C=O) groups excluding carboxylic acids is 1. The Balaban J connectivity index is 1.97. The minimum Gasteiger partial charge on any atom is -0.490 e. The van der Waals surface area contributed by atoms with Gasteiger partial charge in [0.05, 0.1) is 0 Å². The zero-order chi connectivity index (χ0) is 17.4. The van der Waals surface area contributed by atoms with Gasteiger partial charge in [-0.1, -0.05) is 31.7 Å². The van der Waals surface area contributed by atoms with E-state index in [1.807, 2.05) is 50.2 Å². The van der Waals surface area contributed by atoms with Gasteiger partial charge in [-0.15, -0.1) is 0 Å². The molecule has 0 aliphatic carbocycles. The van der Waals surface area contributed by atoms with Crippen LogP contribution in [0.5, 0.6) is 11.5 Å². The molecule has 1 atom stereocenters. The number of rotatable bonds is 8. The zero-order valence-corrected chi connectivity index (χ0v) is 14.1. The Hall–Kier alpha value is -2.75. The van der Waals surface area contributed by atoms with E-state index in [4.69, 9.17) is 9.47 Å². The van der Waals surface area contributed by atoms with Crippen LogP contribution < -0.4 is 14.8 Å². The van der Waals surface area contributed by atoms with Gasteiger partial charge in [0.15, 0.2) is 6.10 Å². The highest BCUT2D eigenvalue weighted by Gasteiger charge is 2.18. The maximum Gasteiger partial charge on any atom is 0.265 e. The van der Waals surface area contributed by atoms with Gasteiger partial charge in [0, 0.05) is 5.69 Å². The van der Waals surface area contributed by atoms with E-state index in [0.717, 1.165) is 11.3 Å². The number of carbonyl (C=O) groups is 1. The average molecular weight is 325 g/mol. The molecule has 0 saturated heterocycles. The number of amides is 1. The number of nitrogens with one attached hydrogen (secondary N) is 1. The van der Waals surface area contributed by atoms with Gasteiger partial charge < -0.3 is 14.8 Å². The molecule has 0 aliphatic rings. The van der Waals surface area contributed by atoms with Crippen molar-refractivity contribution >= 4 is 11.6 Å². The van der Waals surface area contributed by atoms with Gasteiger partial charge in [0.25, 0.3) is 5.91 Å². The number of ether oxygens (including phenoxy) is 2. The van der Waals surface area contributed by atoms with Crippen LogP contribution >= 0.6 is 0 Å². The SMILES string of the molecule is C=CCOc1ccc(NC(=O)[C@H](CC)Oc2cccc(C)c2)cc1. The second kappa shape index (κ2) is 8.77. The summed E-state index contributed by atoms with van der Waals surface area (Å²) in [6, 6.07) is 14.9. The van der Waals surface area contributed by atoms with Crippen LogP contribution in [0, 0.1) is 6.92 Å². The summed E-state index contributed by atoms with van der Waals surface area (Å²) in [6.07, 6.45) is 1.73. The van der Waals surface area contributed by atoms with Crippen LogP contribution in [0.3, 0.4) is 0 Å². The molecular formula is C20H23NO3. The van der Waals surface area contributed by atoms with Crippen LogP contribution in [0.2, 0.25) is 0 Å². The summed E-state index contributed by atoms with van der Waals surface area (Å²) >= 11 is 0. The molecule has 0 heterocycles. The summed E-state index contributed by atoms with van der Waals surface area (Å²) in [5, 5.41) is 2.87. The molecule has 126 valence electrons. The van der Waals surface area contributed by atoms with Gasteiger partial charge in [0.1, 0.15) is 18.1 Å². The van der Waals surface area contributed by atoms with Crippen molar-refractivity contribution in [2.24, 2.45) is 0 Å². The molecule has 0 bridgehead atoms. The summed E-state index contributed by atoms with van der Waals surface area (Å²) in [5.74, 6) is 1.26. The minimum absolute atomic E-state index is 0.168. The van der Waals surface area contributed by atoms with E-state index in [1.165, 1.54) is 0 Å². The highest BCUT2D eigenvalue weighted by molar-refractivity contribution is 5.94. The summed E-state index contributed by atoms with van der Waals surface area (Å²) in [7, 11) is 0. The molecule has 0 fully saturated rings. The van der Waals surface area contributed by atoms with Crippen molar-refractivity contribution in [3.63, 3.8) is 0 Å². The minimum atomic E-state index is -0.538. The normalized spacial score (nSPS) is 11.4. The lowest BCUT2D eigenvalue weighted by Gasteiger charge is -2.17. The first-order chi connectivity index (χ1) is 11.6. The number of benzene rings is 2. The molecule has 4 nitrogen and oxygen atoms in total. The average Bonchev–Trinajstić information content (AvgIpc) is 2.59. The van der Waals surface area contributed by atoms with Gasteiger partial charge in [-0.05, 0) is 55.3 Å². The Morgan fingerprint density at radius 1 is 1.21 bits per heavy atom. The van der Waals surface area contributed by atoms with E-state index in [-0.39, 0.29) is 5.91 Å². The van der Waals surface area contributed by atoms with Crippen LogP contribution in [0.1, 0.15) is 18.9 Å². The summed E-state index contributed by atoms with van der Waals surface area (Å²) in [6.45, 7) is 7.97. The highest BCUT2D eigenvalue weighted by Crippen LogP contribution is 2.18. The lowest BCUT2D eigenvalue weighted by Crippen LogP contribution is -2.32. The van der Waals surface area contributed by atoms with Crippen molar-refractivity contribution in [1.29, 1.82) is 0 Å². The molecule has 0 aromatic heterocycles. The van der Waals surface area contributed by atoms with E-state index in [2.05, 4.69) is 11.9 Å². The van der Waals surface area contributed by atoms with Crippen molar-refractivity contribution in [2.75, 3.05) is 11.9 Å². The predicted octanol–water partition coefficient (Wildman–Crippen LogP) is 4.36. The Morgan fingerprint density at radius 3 is 2.58 bits per heavy atom. The van der Waals surface area contributed by atoms with Gasteiger partial charge in [-0.3, -0.25) is 4.79 Å². The molecule has 1 amide bonds. The molecule has 2 rings (SSSR count). The predicted molar refractivity (Wildman–Crippen MR) is 96.6 cm³/mol. The largest absolute Gasteiger partial charge is 0.490 e. The third-order valence-corrected chi connectivity index (χ3v) is 3.42. The van der Waals surface area contributed by atoms with Crippen LogP contribution in [0.15, 0.2) is 61.2 Å². The Kier molecular flexibility index (Phi) is 6.43. The molecule has 1 N–H and O–H groups in total. The van der Waals surface area contributed by atoms with E-state index in [0.29, 0.717) is 24.5 Å². The second-order valence-electron chi connectivity index (χ2n) is 5.44. The van der Waals surface area contributed by atoms with Gasteiger partial charge >= 0.3 is 0 Å². The first kappa shape index (κ1) is 17.6. The maximum absolute atomic E-state index is 12.4. The monoisotopic (exact) mass is 325 g/mol. The maximum atomic E-state index is 12.4. The van der Waals surface area contributed by atoms with Crippen molar-refractivity contribution in [1.82, 2.24) is 0 Å². The first-order valence-corrected chi connectivity index (χ1v) is 8.00. The van der Waals surface area contributed by atoms with E-state index >= 15 is 0 Å². The number of hydrogen-bond donors (Lipinski definition) is 1. The quantitative estimate of drug-likeness (QED) is 0.734. The summed E-state index contributed by atoms with van der Waals surface area (Å²) < 4.78 is 11.2. The third kappa shape index (κ3) is 5.16. The van der Waals surface area contributed by atoms with Crippen LogP contribution in [0.4, 0.5) is 5.69 Å². The topological polar surface area (TPSA) is 47.6 Å². The Labute approximate surface area is 143 Å². The first-order valence-electron chi connectivity index (χ1n) is 8.00. The van der Waals surface area contributed by atoms with Crippen molar-refractivity contribution < 1.29 is 14.3 Å².